The van der Waals surface area contributed by atoms with Crippen molar-refractivity contribution in [1.29, 1.82) is 0 Å². The first kappa shape index (κ1) is 28.0. The van der Waals surface area contributed by atoms with Crippen LogP contribution < -0.4 is 10.1 Å². The standard InChI is InChI=1S/C34H31N5O4/c35-39-36-21-25-9-2-1-8-24(25)20-34(22-43-32(38-34)23-14-16-26(17-15-23)42-19-7-18-40)33(41)37-31-29-12-5-3-10-27(29)28-11-4-6-13-30(28)31/h1-6,8-17,31,40H,7,18-22H2,(H,37,41)/t34-/m1/s1. The van der Waals surface area contributed by atoms with Crippen LogP contribution in [0.4, 0.5) is 0 Å². The summed E-state index contributed by atoms with van der Waals surface area (Å²) in [7, 11) is 0. The Hall–Kier alpha value is -5.11. The first-order chi connectivity index (χ1) is 21.1. The Labute approximate surface area is 249 Å². The lowest BCUT2D eigenvalue weighted by Crippen LogP contribution is -2.49. The molecule has 1 aliphatic heterocycles. The highest BCUT2D eigenvalue weighted by molar-refractivity contribution is 6.00. The third kappa shape index (κ3) is 5.68. The molecular formula is C34H31N5O4. The molecule has 4 aromatic rings. The molecule has 1 atom stereocenters. The van der Waals surface area contributed by atoms with E-state index in [-0.39, 0.29) is 38.1 Å². The first-order valence-electron chi connectivity index (χ1n) is 14.3. The van der Waals surface area contributed by atoms with Gasteiger partial charge in [0, 0.05) is 29.9 Å². The second-order valence-electron chi connectivity index (χ2n) is 10.6. The van der Waals surface area contributed by atoms with Gasteiger partial charge in [0.05, 0.1) is 19.2 Å². The minimum absolute atomic E-state index is 0.0504. The van der Waals surface area contributed by atoms with E-state index in [1.54, 1.807) is 0 Å². The molecule has 9 heteroatoms. The Morgan fingerprint density at radius 1 is 0.977 bits per heavy atom. The molecule has 1 aliphatic carbocycles. The van der Waals surface area contributed by atoms with Crippen LogP contribution in [-0.2, 0) is 22.5 Å². The van der Waals surface area contributed by atoms with E-state index in [9.17, 15) is 4.79 Å². The molecule has 9 nitrogen and oxygen atoms in total. The SMILES string of the molecule is [N-]=[N+]=NCc1ccccc1C[C@]1(C(=O)NC2c3ccccc3-c3ccccc32)COC(c2ccc(OCCCO)cc2)=N1. The van der Waals surface area contributed by atoms with Crippen LogP contribution in [0.2, 0.25) is 0 Å². The molecule has 216 valence electrons. The maximum atomic E-state index is 14.4. The van der Waals surface area contributed by atoms with Crippen molar-refractivity contribution in [3.63, 3.8) is 0 Å². The monoisotopic (exact) mass is 573 g/mol. The number of ether oxygens (including phenoxy) is 2. The molecule has 1 amide bonds. The van der Waals surface area contributed by atoms with E-state index in [0.717, 1.165) is 38.9 Å². The summed E-state index contributed by atoms with van der Waals surface area (Å²) in [4.78, 5) is 22.3. The van der Waals surface area contributed by atoms with Gasteiger partial charge in [-0.25, -0.2) is 4.99 Å². The van der Waals surface area contributed by atoms with E-state index in [1.165, 1.54) is 0 Å². The van der Waals surface area contributed by atoms with Gasteiger partial charge in [0.1, 0.15) is 12.4 Å². The number of carbonyl (C=O) groups excluding carboxylic acids is 1. The van der Waals surface area contributed by atoms with Crippen LogP contribution in [-0.4, -0.2) is 42.3 Å². The fourth-order valence-electron chi connectivity index (χ4n) is 5.71. The highest BCUT2D eigenvalue weighted by Gasteiger charge is 2.46. The highest BCUT2D eigenvalue weighted by atomic mass is 16.5. The van der Waals surface area contributed by atoms with Crippen LogP contribution in [0.3, 0.4) is 0 Å². The second-order valence-corrected chi connectivity index (χ2v) is 10.6. The van der Waals surface area contributed by atoms with Gasteiger partial charge in [-0.1, -0.05) is 77.9 Å². The van der Waals surface area contributed by atoms with Gasteiger partial charge in [-0.05, 0) is 63.2 Å². The normalized spacial score (nSPS) is 16.8. The van der Waals surface area contributed by atoms with E-state index < -0.39 is 5.54 Å². The molecule has 1 heterocycles. The van der Waals surface area contributed by atoms with Crippen molar-refractivity contribution in [2.45, 2.75) is 31.0 Å². The maximum Gasteiger partial charge on any atom is 0.252 e. The highest BCUT2D eigenvalue weighted by Crippen LogP contribution is 2.43. The number of aliphatic hydroxyl groups excluding tert-OH is 1. The topological polar surface area (TPSA) is 129 Å². The molecule has 0 bridgehead atoms. The van der Waals surface area contributed by atoms with Gasteiger partial charge in [-0.3, -0.25) is 4.79 Å². The number of benzene rings is 4. The summed E-state index contributed by atoms with van der Waals surface area (Å²) in [6.07, 6.45) is 0.810. The number of fused-ring (bicyclic) bond motifs is 3. The third-order valence-electron chi connectivity index (χ3n) is 7.87. The zero-order valence-electron chi connectivity index (χ0n) is 23.5. The van der Waals surface area contributed by atoms with Crippen molar-refractivity contribution in [3.05, 3.63) is 135 Å². The van der Waals surface area contributed by atoms with Crippen LogP contribution in [0.25, 0.3) is 21.6 Å². The van der Waals surface area contributed by atoms with Crippen molar-refractivity contribution in [2.75, 3.05) is 19.8 Å². The number of amides is 1. The lowest BCUT2D eigenvalue weighted by atomic mass is 9.88. The van der Waals surface area contributed by atoms with Gasteiger partial charge < -0.3 is 19.9 Å². The van der Waals surface area contributed by atoms with E-state index in [2.05, 4.69) is 27.5 Å². The Balaban J connectivity index is 1.35. The number of nitrogens with zero attached hydrogens (tertiary/aromatic N) is 4. The number of hydrogen-bond donors (Lipinski definition) is 2. The Morgan fingerprint density at radius 2 is 1.63 bits per heavy atom. The van der Waals surface area contributed by atoms with Crippen molar-refractivity contribution in [3.8, 4) is 16.9 Å². The second kappa shape index (κ2) is 12.4. The number of azide groups is 1. The summed E-state index contributed by atoms with van der Waals surface area (Å²) in [5.74, 6) is 0.795. The minimum atomic E-state index is -1.26. The molecule has 0 unspecified atom stereocenters. The van der Waals surface area contributed by atoms with Crippen molar-refractivity contribution >= 4 is 11.8 Å². The summed E-state index contributed by atoms with van der Waals surface area (Å²) < 4.78 is 11.8. The molecule has 6 rings (SSSR count). The van der Waals surface area contributed by atoms with Gasteiger partial charge in [0.15, 0.2) is 5.54 Å². The van der Waals surface area contributed by atoms with Crippen molar-refractivity contribution in [2.24, 2.45) is 10.1 Å². The summed E-state index contributed by atoms with van der Waals surface area (Å²) in [6.45, 7) is 0.702. The molecule has 4 aromatic carbocycles. The number of nitrogens with one attached hydrogen (secondary N) is 1. The lowest BCUT2D eigenvalue weighted by molar-refractivity contribution is -0.127. The van der Waals surface area contributed by atoms with E-state index in [1.807, 2.05) is 84.9 Å². The number of hydrogen-bond acceptors (Lipinski definition) is 6. The molecule has 0 saturated heterocycles. The summed E-state index contributed by atoms with van der Waals surface area (Å²) in [5.41, 5.74) is 14.4. The number of aliphatic hydroxyl groups is 1. The lowest BCUT2D eigenvalue weighted by Gasteiger charge is -2.27. The summed E-state index contributed by atoms with van der Waals surface area (Å²) >= 11 is 0. The Kier molecular flexibility index (Phi) is 8.09. The van der Waals surface area contributed by atoms with Crippen LogP contribution in [0.1, 0.15) is 40.3 Å². The van der Waals surface area contributed by atoms with Gasteiger partial charge in [-0.2, -0.15) is 0 Å². The Morgan fingerprint density at radius 3 is 2.30 bits per heavy atom. The zero-order valence-corrected chi connectivity index (χ0v) is 23.5. The number of aliphatic imine (C=N–C) groups is 1. The Bertz CT molecular complexity index is 1670. The van der Waals surface area contributed by atoms with Crippen LogP contribution in [0, 0.1) is 0 Å². The predicted octanol–water partition coefficient (Wildman–Crippen LogP) is 5.90. The minimum Gasteiger partial charge on any atom is -0.494 e. The van der Waals surface area contributed by atoms with Gasteiger partial charge >= 0.3 is 0 Å². The predicted molar refractivity (Wildman–Crippen MR) is 164 cm³/mol. The maximum absolute atomic E-state index is 14.4. The van der Waals surface area contributed by atoms with E-state index in [0.29, 0.717) is 24.7 Å². The quantitative estimate of drug-likeness (QED) is 0.100. The average Bonchev–Trinajstić information content (AvgIpc) is 3.62. The molecule has 0 saturated carbocycles. The van der Waals surface area contributed by atoms with E-state index >= 15 is 0 Å². The fraction of sp³-hybridized carbons (Fsp3) is 0.235. The smallest absolute Gasteiger partial charge is 0.252 e. The van der Waals surface area contributed by atoms with Crippen LogP contribution in [0.15, 0.2) is 107 Å². The molecular weight excluding hydrogens is 542 g/mol. The van der Waals surface area contributed by atoms with E-state index in [4.69, 9.17) is 25.1 Å². The number of rotatable bonds is 11. The van der Waals surface area contributed by atoms with Crippen molar-refractivity contribution < 1.29 is 19.4 Å². The van der Waals surface area contributed by atoms with Gasteiger partial charge in [-0.15, -0.1) is 0 Å². The molecule has 2 aliphatic rings. The summed E-state index contributed by atoms with van der Waals surface area (Å²) in [5, 5.41) is 16.1. The van der Waals surface area contributed by atoms with Crippen molar-refractivity contribution in [1.82, 2.24) is 5.32 Å². The summed E-state index contributed by atoms with van der Waals surface area (Å²) in [6, 6.07) is 30.9. The third-order valence-corrected chi connectivity index (χ3v) is 7.87. The first-order valence-corrected chi connectivity index (χ1v) is 14.3. The zero-order chi connectivity index (χ0) is 29.6. The molecule has 0 spiro atoms. The molecule has 0 aromatic heterocycles. The molecule has 0 radical (unpaired) electrons. The largest absolute Gasteiger partial charge is 0.494 e. The molecule has 0 fully saturated rings. The fourth-order valence-corrected chi connectivity index (χ4v) is 5.71. The van der Waals surface area contributed by atoms with Crippen LogP contribution in [0.5, 0.6) is 5.75 Å². The molecule has 2 N–H and O–H groups in total. The van der Waals surface area contributed by atoms with Gasteiger partial charge in [0.25, 0.3) is 5.91 Å². The molecule has 43 heavy (non-hydrogen) atoms. The average molecular weight is 574 g/mol. The van der Waals surface area contributed by atoms with Gasteiger partial charge in [0.2, 0.25) is 5.90 Å². The number of carbonyl (C=O) groups is 1. The van der Waals surface area contributed by atoms with Crippen LogP contribution >= 0.6 is 0 Å².